The average Bonchev–Trinajstić information content (AvgIpc) is 2.30. The molecule has 0 bridgehead atoms. The first-order valence-corrected chi connectivity index (χ1v) is 6.32. The number of nitrogens with one attached hydrogen (secondary N) is 2. The maximum absolute atomic E-state index is 11.7. The molecule has 0 saturated heterocycles. The number of aromatic nitrogens is 2. The van der Waals surface area contributed by atoms with E-state index >= 15 is 0 Å². The van der Waals surface area contributed by atoms with Gasteiger partial charge in [0.05, 0.1) is 0 Å². The van der Waals surface area contributed by atoms with Crippen LogP contribution in [0.15, 0.2) is 12.1 Å². The standard InChI is InChI=1S/C13H22N4O/c1-5-6-9-14-10-7-8-11(17-16-10)15-12(18)13(2,3)4/h7-8H,5-6,9H2,1-4H3,(H,14,16)(H,15,17,18). The molecule has 5 heteroatoms. The highest BCUT2D eigenvalue weighted by atomic mass is 16.2. The number of hydrogen-bond donors (Lipinski definition) is 2. The van der Waals surface area contributed by atoms with Gasteiger partial charge in [-0.2, -0.15) is 0 Å². The van der Waals surface area contributed by atoms with Gasteiger partial charge in [0.1, 0.15) is 5.82 Å². The van der Waals surface area contributed by atoms with Crippen LogP contribution >= 0.6 is 0 Å². The van der Waals surface area contributed by atoms with Crippen molar-refractivity contribution in [2.24, 2.45) is 5.41 Å². The SMILES string of the molecule is CCCCNc1ccc(NC(=O)C(C)(C)C)nn1. The predicted molar refractivity (Wildman–Crippen MR) is 73.5 cm³/mol. The Hall–Kier alpha value is -1.65. The molecule has 0 aliphatic rings. The molecule has 1 amide bonds. The van der Waals surface area contributed by atoms with E-state index in [2.05, 4.69) is 27.8 Å². The van der Waals surface area contributed by atoms with Gasteiger partial charge in [0.25, 0.3) is 0 Å². The van der Waals surface area contributed by atoms with Crippen molar-refractivity contribution < 1.29 is 4.79 Å². The zero-order chi connectivity index (χ0) is 13.6. The molecule has 2 N–H and O–H groups in total. The van der Waals surface area contributed by atoms with E-state index in [4.69, 9.17) is 0 Å². The van der Waals surface area contributed by atoms with E-state index in [-0.39, 0.29) is 5.91 Å². The van der Waals surface area contributed by atoms with Gasteiger partial charge < -0.3 is 10.6 Å². The first-order valence-electron chi connectivity index (χ1n) is 6.32. The zero-order valence-electron chi connectivity index (χ0n) is 11.6. The van der Waals surface area contributed by atoms with Crippen LogP contribution in [0.2, 0.25) is 0 Å². The number of carbonyl (C=O) groups excluding carboxylic acids is 1. The topological polar surface area (TPSA) is 66.9 Å². The van der Waals surface area contributed by atoms with E-state index in [0.29, 0.717) is 5.82 Å². The number of anilines is 2. The van der Waals surface area contributed by atoms with E-state index in [1.165, 1.54) is 0 Å². The van der Waals surface area contributed by atoms with Gasteiger partial charge in [-0.15, -0.1) is 10.2 Å². The van der Waals surface area contributed by atoms with Crippen LogP contribution in [0, 0.1) is 5.41 Å². The van der Waals surface area contributed by atoms with Crippen LogP contribution in [-0.2, 0) is 4.79 Å². The summed E-state index contributed by atoms with van der Waals surface area (Å²) in [5.41, 5.74) is -0.431. The smallest absolute Gasteiger partial charge is 0.230 e. The number of rotatable bonds is 5. The summed E-state index contributed by atoms with van der Waals surface area (Å²) in [7, 11) is 0. The predicted octanol–water partition coefficient (Wildman–Crippen LogP) is 2.67. The van der Waals surface area contributed by atoms with Crippen LogP contribution in [0.4, 0.5) is 11.6 Å². The highest BCUT2D eigenvalue weighted by Gasteiger charge is 2.21. The minimum Gasteiger partial charge on any atom is -0.369 e. The van der Waals surface area contributed by atoms with Crippen molar-refractivity contribution in [1.29, 1.82) is 0 Å². The Morgan fingerprint density at radius 1 is 1.22 bits per heavy atom. The van der Waals surface area contributed by atoms with Gasteiger partial charge in [-0.3, -0.25) is 4.79 Å². The minimum atomic E-state index is -0.431. The number of nitrogens with zero attached hydrogens (tertiary/aromatic N) is 2. The Kier molecular flexibility index (Phi) is 5.07. The molecular formula is C13H22N4O. The molecule has 0 aliphatic carbocycles. The molecule has 0 spiro atoms. The van der Waals surface area contributed by atoms with Crippen LogP contribution in [0.5, 0.6) is 0 Å². The summed E-state index contributed by atoms with van der Waals surface area (Å²) in [6.07, 6.45) is 2.24. The molecule has 18 heavy (non-hydrogen) atoms. The third-order valence-corrected chi connectivity index (χ3v) is 2.42. The van der Waals surface area contributed by atoms with Gasteiger partial charge in [-0.25, -0.2) is 0 Å². The van der Waals surface area contributed by atoms with E-state index in [1.807, 2.05) is 26.8 Å². The van der Waals surface area contributed by atoms with Gasteiger partial charge in [-0.1, -0.05) is 34.1 Å². The number of amides is 1. The number of carbonyl (C=O) groups is 1. The fraction of sp³-hybridized carbons (Fsp3) is 0.615. The molecular weight excluding hydrogens is 228 g/mol. The van der Waals surface area contributed by atoms with E-state index in [0.717, 1.165) is 25.2 Å². The summed E-state index contributed by atoms with van der Waals surface area (Å²) in [5, 5.41) is 13.9. The summed E-state index contributed by atoms with van der Waals surface area (Å²) in [6, 6.07) is 3.58. The molecule has 0 unspecified atom stereocenters. The molecule has 0 radical (unpaired) electrons. The van der Waals surface area contributed by atoms with Crippen molar-refractivity contribution in [3.63, 3.8) is 0 Å². The summed E-state index contributed by atoms with van der Waals surface area (Å²) < 4.78 is 0. The van der Waals surface area contributed by atoms with Crippen LogP contribution < -0.4 is 10.6 Å². The molecule has 0 fully saturated rings. The lowest BCUT2D eigenvalue weighted by Gasteiger charge is -2.16. The van der Waals surface area contributed by atoms with Crippen molar-refractivity contribution in [3.8, 4) is 0 Å². The quantitative estimate of drug-likeness (QED) is 0.788. The lowest BCUT2D eigenvalue weighted by atomic mass is 9.96. The second-order valence-corrected chi connectivity index (χ2v) is 5.29. The van der Waals surface area contributed by atoms with Crippen molar-refractivity contribution >= 4 is 17.5 Å². The van der Waals surface area contributed by atoms with Crippen molar-refractivity contribution in [2.45, 2.75) is 40.5 Å². The molecule has 1 aromatic rings. The summed E-state index contributed by atoms with van der Waals surface area (Å²) >= 11 is 0. The Morgan fingerprint density at radius 2 is 1.83 bits per heavy atom. The second kappa shape index (κ2) is 6.33. The average molecular weight is 250 g/mol. The maximum atomic E-state index is 11.7. The zero-order valence-corrected chi connectivity index (χ0v) is 11.6. The summed E-state index contributed by atoms with van der Waals surface area (Å²) in [4.78, 5) is 11.7. The van der Waals surface area contributed by atoms with Crippen molar-refractivity contribution in [2.75, 3.05) is 17.2 Å². The molecule has 0 saturated carbocycles. The lowest BCUT2D eigenvalue weighted by molar-refractivity contribution is -0.123. The molecule has 0 atom stereocenters. The molecule has 0 aliphatic heterocycles. The Labute approximate surface area is 108 Å². The fourth-order valence-electron chi connectivity index (χ4n) is 1.19. The molecule has 1 heterocycles. The van der Waals surface area contributed by atoms with Gasteiger partial charge >= 0.3 is 0 Å². The maximum Gasteiger partial charge on any atom is 0.230 e. The Balaban J connectivity index is 2.53. The third-order valence-electron chi connectivity index (χ3n) is 2.42. The van der Waals surface area contributed by atoms with Crippen LogP contribution in [0.1, 0.15) is 40.5 Å². The normalized spacial score (nSPS) is 11.1. The van der Waals surface area contributed by atoms with Crippen LogP contribution in [0.25, 0.3) is 0 Å². The molecule has 1 rings (SSSR count). The summed E-state index contributed by atoms with van der Waals surface area (Å²) in [6.45, 7) is 8.60. The number of unbranched alkanes of at least 4 members (excludes halogenated alkanes) is 1. The lowest BCUT2D eigenvalue weighted by Crippen LogP contribution is -2.28. The molecule has 5 nitrogen and oxygen atoms in total. The fourth-order valence-corrected chi connectivity index (χ4v) is 1.19. The highest BCUT2D eigenvalue weighted by molar-refractivity contribution is 5.93. The molecule has 0 aromatic carbocycles. The van der Waals surface area contributed by atoms with Gasteiger partial charge in [0, 0.05) is 12.0 Å². The molecule has 1 aromatic heterocycles. The van der Waals surface area contributed by atoms with Crippen LogP contribution in [0.3, 0.4) is 0 Å². The minimum absolute atomic E-state index is 0.0662. The largest absolute Gasteiger partial charge is 0.369 e. The first-order chi connectivity index (χ1) is 8.43. The van der Waals surface area contributed by atoms with Gasteiger partial charge in [-0.05, 0) is 18.6 Å². The molecule has 100 valence electrons. The number of hydrogen-bond acceptors (Lipinski definition) is 4. The Bertz CT molecular complexity index is 381. The highest BCUT2D eigenvalue weighted by Crippen LogP contribution is 2.16. The van der Waals surface area contributed by atoms with Crippen molar-refractivity contribution in [3.05, 3.63) is 12.1 Å². The van der Waals surface area contributed by atoms with Gasteiger partial charge in [0.2, 0.25) is 5.91 Å². The van der Waals surface area contributed by atoms with E-state index in [1.54, 1.807) is 6.07 Å². The monoisotopic (exact) mass is 250 g/mol. The van der Waals surface area contributed by atoms with Crippen LogP contribution in [-0.4, -0.2) is 22.6 Å². The summed E-state index contributed by atoms with van der Waals surface area (Å²) in [5.74, 6) is 1.15. The van der Waals surface area contributed by atoms with Gasteiger partial charge in [0.15, 0.2) is 5.82 Å². The third kappa shape index (κ3) is 4.69. The Morgan fingerprint density at radius 3 is 2.33 bits per heavy atom. The second-order valence-electron chi connectivity index (χ2n) is 5.29. The van der Waals surface area contributed by atoms with E-state index in [9.17, 15) is 4.79 Å². The first kappa shape index (κ1) is 14.4. The van der Waals surface area contributed by atoms with E-state index < -0.39 is 5.41 Å². The van der Waals surface area contributed by atoms with Crippen molar-refractivity contribution in [1.82, 2.24) is 10.2 Å².